The van der Waals surface area contributed by atoms with Crippen LogP contribution in [0.4, 0.5) is 4.79 Å². The quantitative estimate of drug-likeness (QED) is 0.231. The maximum absolute atomic E-state index is 13.9. The van der Waals surface area contributed by atoms with E-state index in [1.165, 1.54) is 16.3 Å². The third-order valence-electron chi connectivity index (χ3n) is 9.13. The number of nitrogens with zero attached hydrogens (tertiary/aromatic N) is 6. The Morgan fingerprint density at radius 3 is 2.71 bits per heavy atom. The number of ether oxygens (including phenoxy) is 3. The van der Waals surface area contributed by atoms with Gasteiger partial charge in [-0.2, -0.15) is 4.99 Å². The van der Waals surface area contributed by atoms with Gasteiger partial charge in [0.25, 0.3) is 5.91 Å². The van der Waals surface area contributed by atoms with Gasteiger partial charge >= 0.3 is 12.1 Å². The molecule has 13 nitrogen and oxygen atoms in total. The van der Waals surface area contributed by atoms with Crippen molar-refractivity contribution >= 4 is 46.1 Å². The first-order valence-corrected chi connectivity index (χ1v) is 18.6. The number of aryl methyl sites for hydroxylation is 1. The average molecular weight is 730 g/mol. The van der Waals surface area contributed by atoms with Gasteiger partial charge in [-0.25, -0.2) is 20.2 Å². The topological polar surface area (TPSA) is 150 Å². The molecule has 0 aromatic carbocycles. The van der Waals surface area contributed by atoms with Crippen LogP contribution in [0.25, 0.3) is 33.7 Å². The number of aliphatic imine (C=N–C) groups is 1. The summed E-state index contributed by atoms with van der Waals surface area (Å²) in [5.41, 5.74) is 8.53. The molecule has 14 heteroatoms. The number of amides is 2. The highest BCUT2D eigenvalue weighted by molar-refractivity contribution is 7.10. The molecule has 0 spiro atoms. The summed E-state index contributed by atoms with van der Waals surface area (Å²) < 4.78 is 19.4. The van der Waals surface area contributed by atoms with Gasteiger partial charge in [0.05, 0.1) is 51.5 Å². The molecule has 0 unspecified atom stereocenters. The smallest absolute Gasteiger partial charge is 0.434 e. The molecule has 0 aliphatic carbocycles. The van der Waals surface area contributed by atoms with Gasteiger partial charge < -0.3 is 18.8 Å². The van der Waals surface area contributed by atoms with E-state index in [4.69, 9.17) is 29.2 Å². The highest BCUT2D eigenvalue weighted by Crippen LogP contribution is 2.40. The van der Waals surface area contributed by atoms with Crippen LogP contribution in [0.1, 0.15) is 83.7 Å². The number of hydrogen-bond acceptors (Lipinski definition) is 11. The average Bonchev–Trinajstić information content (AvgIpc) is 3.70. The molecule has 1 saturated heterocycles. The minimum absolute atomic E-state index is 0.0183. The molecule has 2 amide bonds. The molecule has 1 N–H and O–H groups in total. The van der Waals surface area contributed by atoms with Gasteiger partial charge in [-0.1, -0.05) is 13.8 Å². The molecule has 276 valence electrons. The first-order chi connectivity index (χ1) is 24.7. The second kappa shape index (κ2) is 14.8. The lowest BCUT2D eigenvalue weighted by Crippen LogP contribution is -2.57. The van der Waals surface area contributed by atoms with E-state index in [-0.39, 0.29) is 24.8 Å². The minimum atomic E-state index is -0.877. The lowest BCUT2D eigenvalue weighted by Gasteiger charge is -2.33. The molecule has 52 heavy (non-hydrogen) atoms. The van der Waals surface area contributed by atoms with Crippen LogP contribution in [-0.2, 0) is 43.2 Å². The maximum Gasteiger partial charge on any atom is 0.434 e. The van der Waals surface area contributed by atoms with Gasteiger partial charge in [0.1, 0.15) is 17.4 Å². The molecule has 2 aliphatic heterocycles. The number of hydrogen-bond donors (Lipinski definition) is 1. The fraction of sp³-hybridized carbons (Fsp3) is 0.500. The van der Waals surface area contributed by atoms with Crippen LogP contribution < -0.4 is 5.43 Å². The van der Waals surface area contributed by atoms with Crippen molar-refractivity contribution in [3.63, 3.8) is 0 Å². The van der Waals surface area contributed by atoms with Gasteiger partial charge in [-0.15, -0.1) is 11.3 Å². The van der Waals surface area contributed by atoms with Crippen molar-refractivity contribution in [3.8, 4) is 22.6 Å². The molecule has 2 aliphatic rings. The predicted molar refractivity (Wildman–Crippen MR) is 199 cm³/mol. The maximum atomic E-state index is 13.9. The van der Waals surface area contributed by atoms with E-state index in [2.05, 4.69) is 47.9 Å². The normalized spacial score (nSPS) is 19.7. The van der Waals surface area contributed by atoms with Gasteiger partial charge in [-0.3, -0.25) is 19.6 Å². The Hall–Kier alpha value is -4.53. The predicted octanol–water partition coefficient (Wildman–Crippen LogP) is 6.49. The van der Waals surface area contributed by atoms with E-state index in [0.717, 1.165) is 33.5 Å². The summed E-state index contributed by atoms with van der Waals surface area (Å²) in [6, 6.07) is 7.26. The number of carbonyl (C=O) groups is 3. The van der Waals surface area contributed by atoms with E-state index in [0.29, 0.717) is 48.7 Å². The SMILES string of the molecule is CCn1c(-c2cccnc2[C@H](C)OC)c2c3nc(ccc31)-c1csc(n1)C/C(=N/C(=O)OC(C)(C)C)C(=O)N1CCC[C@H](N1)C(=O)OCC(C)(C)C2. The van der Waals surface area contributed by atoms with E-state index in [1.807, 2.05) is 24.4 Å². The molecular weight excluding hydrogens is 683 g/mol. The zero-order chi connectivity index (χ0) is 37.4. The largest absolute Gasteiger partial charge is 0.464 e. The number of pyridine rings is 2. The summed E-state index contributed by atoms with van der Waals surface area (Å²) >= 11 is 1.35. The van der Waals surface area contributed by atoms with Gasteiger partial charge in [-0.05, 0) is 78.1 Å². The Labute approximate surface area is 307 Å². The minimum Gasteiger partial charge on any atom is -0.464 e. The third-order valence-corrected chi connectivity index (χ3v) is 9.98. The first kappa shape index (κ1) is 37.2. The molecule has 2 atom stereocenters. The highest BCUT2D eigenvalue weighted by atomic mass is 32.1. The van der Waals surface area contributed by atoms with E-state index < -0.39 is 35.0 Å². The number of carbonyl (C=O) groups excluding carboxylic acids is 3. The number of thiazole rings is 1. The standard InChI is InChI=1S/C38H47N7O6S/c1-9-44-29-15-14-25-28-20-52-30(40-28)18-27(42-36(48)51-37(3,4)5)34(46)45-17-11-13-26(43-45)35(47)50-21-38(6,7)19-24(32(29)41-25)33(44)23-12-10-16-39-31(23)22(2)49-8/h10,12,14-16,20,22,26,43H,9,11,13,17-19,21H2,1-8H3/b42-27-/t22-,26-/m0/s1. The molecule has 6 bridgehead atoms. The second-order valence-corrected chi connectivity index (χ2v) is 16.0. The molecule has 4 aromatic rings. The molecule has 0 radical (unpaired) electrons. The fourth-order valence-corrected chi connectivity index (χ4v) is 7.44. The van der Waals surface area contributed by atoms with E-state index in [9.17, 15) is 14.4 Å². The number of cyclic esters (lactones) is 1. The number of aromatic nitrogens is 4. The van der Waals surface area contributed by atoms with Crippen molar-refractivity contribution < 1.29 is 28.6 Å². The zero-order valence-corrected chi connectivity index (χ0v) is 31.9. The van der Waals surface area contributed by atoms with Crippen LogP contribution in [0.3, 0.4) is 0 Å². The second-order valence-electron chi connectivity index (χ2n) is 15.0. The molecular formula is C38H47N7O6S. The van der Waals surface area contributed by atoms with Crippen LogP contribution in [0.5, 0.6) is 0 Å². The van der Waals surface area contributed by atoms with Gasteiger partial charge in [0.2, 0.25) is 0 Å². The number of methoxy groups -OCH3 is 1. The van der Waals surface area contributed by atoms with Crippen LogP contribution in [0, 0.1) is 5.41 Å². The number of nitrogens with one attached hydrogen (secondary N) is 1. The highest BCUT2D eigenvalue weighted by Gasteiger charge is 2.35. The van der Waals surface area contributed by atoms with E-state index >= 15 is 0 Å². The summed E-state index contributed by atoms with van der Waals surface area (Å²) in [5, 5.41) is 3.81. The third kappa shape index (κ3) is 7.93. The summed E-state index contributed by atoms with van der Waals surface area (Å²) in [4.78, 5) is 59.3. The lowest BCUT2D eigenvalue weighted by molar-refractivity contribution is -0.153. The van der Waals surface area contributed by atoms with Gasteiger partial charge in [0, 0.05) is 54.7 Å². The molecule has 4 aromatic heterocycles. The number of rotatable bonds is 4. The number of hydrazine groups is 1. The van der Waals surface area contributed by atoms with Crippen molar-refractivity contribution in [2.45, 2.75) is 98.4 Å². The summed E-state index contributed by atoms with van der Waals surface area (Å²) in [6.07, 6.45) is 2.21. The Morgan fingerprint density at radius 2 is 1.98 bits per heavy atom. The van der Waals surface area contributed by atoms with Crippen molar-refractivity contribution in [1.29, 1.82) is 0 Å². The lowest BCUT2D eigenvalue weighted by atomic mass is 9.85. The van der Waals surface area contributed by atoms with Gasteiger partial charge in [0.15, 0.2) is 0 Å². The van der Waals surface area contributed by atoms with Crippen LogP contribution in [0.15, 0.2) is 40.8 Å². The molecule has 1 fully saturated rings. The fourth-order valence-electron chi connectivity index (χ4n) is 6.65. The van der Waals surface area contributed by atoms with Crippen LogP contribution in [0.2, 0.25) is 0 Å². The Balaban J connectivity index is 1.52. The summed E-state index contributed by atoms with van der Waals surface area (Å²) in [7, 11) is 1.68. The summed E-state index contributed by atoms with van der Waals surface area (Å²) in [6.45, 7) is 14.6. The van der Waals surface area contributed by atoms with Crippen molar-refractivity contribution in [2.24, 2.45) is 10.4 Å². The Morgan fingerprint density at radius 1 is 1.19 bits per heavy atom. The monoisotopic (exact) mass is 729 g/mol. The zero-order valence-electron chi connectivity index (χ0n) is 31.1. The van der Waals surface area contributed by atoms with Crippen molar-refractivity contribution in [2.75, 3.05) is 20.3 Å². The molecule has 0 saturated carbocycles. The van der Waals surface area contributed by atoms with Crippen molar-refractivity contribution in [3.05, 3.63) is 52.1 Å². The van der Waals surface area contributed by atoms with Crippen LogP contribution >= 0.6 is 11.3 Å². The number of fused-ring (bicyclic) bond motifs is 6. The Kier molecular flexibility index (Phi) is 10.6. The molecule has 6 rings (SSSR count). The van der Waals surface area contributed by atoms with Crippen LogP contribution in [-0.4, -0.2) is 80.1 Å². The molecule has 6 heterocycles. The summed E-state index contributed by atoms with van der Waals surface area (Å²) in [5.74, 6) is -0.987. The Bertz CT molecular complexity index is 2030. The van der Waals surface area contributed by atoms with E-state index in [1.54, 1.807) is 34.1 Å². The van der Waals surface area contributed by atoms with Crippen molar-refractivity contribution in [1.82, 2.24) is 30.0 Å². The number of esters is 1. The first-order valence-electron chi connectivity index (χ1n) is 17.7.